The lowest BCUT2D eigenvalue weighted by atomic mass is 10.1. The zero-order chi connectivity index (χ0) is 15.1. The Morgan fingerprint density at radius 3 is 2.48 bits per heavy atom. The predicted molar refractivity (Wildman–Crippen MR) is 84.6 cm³/mol. The van der Waals surface area contributed by atoms with Gasteiger partial charge in [-0.2, -0.15) is 0 Å². The number of amides is 1. The maximum atomic E-state index is 11.9. The zero-order valence-electron chi connectivity index (χ0n) is 11.9. The molecule has 2 aromatic carbocycles. The lowest BCUT2D eigenvalue weighted by molar-refractivity contribution is -0.121. The average molecular weight is 304 g/mol. The first-order valence-electron chi connectivity index (χ1n) is 6.82. The minimum atomic E-state index is 0.000765. The van der Waals surface area contributed by atoms with E-state index < -0.39 is 0 Å². The van der Waals surface area contributed by atoms with E-state index in [4.69, 9.17) is 16.3 Å². The molecule has 21 heavy (non-hydrogen) atoms. The Morgan fingerprint density at radius 1 is 1.10 bits per heavy atom. The lowest BCUT2D eigenvalue weighted by Crippen LogP contribution is -2.23. The molecule has 3 nitrogen and oxygen atoms in total. The van der Waals surface area contributed by atoms with Crippen LogP contribution in [0.4, 0.5) is 0 Å². The van der Waals surface area contributed by atoms with Crippen molar-refractivity contribution in [2.75, 3.05) is 7.11 Å². The quantitative estimate of drug-likeness (QED) is 0.885. The summed E-state index contributed by atoms with van der Waals surface area (Å²) >= 11 is 6.07. The molecule has 0 unspecified atom stereocenters. The molecule has 0 aromatic heterocycles. The molecule has 2 aromatic rings. The first kappa shape index (κ1) is 15.4. The molecule has 4 heteroatoms. The first-order chi connectivity index (χ1) is 10.2. The Morgan fingerprint density at radius 2 is 1.76 bits per heavy atom. The van der Waals surface area contributed by atoms with Crippen molar-refractivity contribution in [2.24, 2.45) is 0 Å². The third kappa shape index (κ3) is 4.50. The highest BCUT2D eigenvalue weighted by Crippen LogP contribution is 2.18. The van der Waals surface area contributed by atoms with E-state index in [1.54, 1.807) is 7.11 Å². The van der Waals surface area contributed by atoms with Gasteiger partial charge in [0, 0.05) is 23.6 Å². The number of hydrogen-bond donors (Lipinski definition) is 1. The monoisotopic (exact) mass is 303 g/mol. The van der Waals surface area contributed by atoms with Gasteiger partial charge in [-0.15, -0.1) is 0 Å². The van der Waals surface area contributed by atoms with Crippen molar-refractivity contribution >= 4 is 17.5 Å². The summed E-state index contributed by atoms with van der Waals surface area (Å²) in [5, 5.41) is 3.61. The third-order valence-electron chi connectivity index (χ3n) is 3.25. The third-order valence-corrected chi connectivity index (χ3v) is 3.62. The number of halogens is 1. The van der Waals surface area contributed by atoms with Gasteiger partial charge < -0.3 is 10.1 Å². The topological polar surface area (TPSA) is 38.3 Å². The number of rotatable bonds is 6. The maximum Gasteiger partial charge on any atom is 0.220 e. The van der Waals surface area contributed by atoms with Crippen LogP contribution in [0.3, 0.4) is 0 Å². The molecule has 0 heterocycles. The van der Waals surface area contributed by atoms with Crippen molar-refractivity contribution in [1.29, 1.82) is 0 Å². The average Bonchev–Trinajstić information content (AvgIpc) is 2.52. The van der Waals surface area contributed by atoms with Crippen LogP contribution in [0.25, 0.3) is 0 Å². The second kappa shape index (κ2) is 7.70. The molecule has 110 valence electrons. The van der Waals surface area contributed by atoms with E-state index in [0.29, 0.717) is 24.4 Å². The van der Waals surface area contributed by atoms with Crippen LogP contribution in [0.2, 0.25) is 5.02 Å². The Balaban J connectivity index is 1.84. The summed E-state index contributed by atoms with van der Waals surface area (Å²) in [6, 6.07) is 15.2. The SMILES string of the molecule is COc1ccccc1CNC(=O)CCc1ccccc1Cl. The van der Waals surface area contributed by atoms with Crippen LogP contribution >= 0.6 is 11.6 Å². The van der Waals surface area contributed by atoms with Crippen LogP contribution in [0, 0.1) is 0 Å². The Labute approximate surface area is 129 Å². The van der Waals surface area contributed by atoms with E-state index in [1.165, 1.54) is 0 Å². The smallest absolute Gasteiger partial charge is 0.220 e. The van der Waals surface area contributed by atoms with Crippen molar-refractivity contribution in [1.82, 2.24) is 5.32 Å². The van der Waals surface area contributed by atoms with Gasteiger partial charge in [0.1, 0.15) is 5.75 Å². The highest BCUT2D eigenvalue weighted by Gasteiger charge is 2.06. The molecule has 0 radical (unpaired) electrons. The van der Waals surface area contributed by atoms with Crippen molar-refractivity contribution in [3.05, 3.63) is 64.7 Å². The van der Waals surface area contributed by atoms with Crippen LogP contribution in [-0.4, -0.2) is 13.0 Å². The Bertz CT molecular complexity index is 613. The normalized spacial score (nSPS) is 10.2. The molecule has 0 aliphatic rings. The summed E-state index contributed by atoms with van der Waals surface area (Å²) < 4.78 is 5.25. The van der Waals surface area contributed by atoms with Crippen LogP contribution in [-0.2, 0) is 17.8 Å². The standard InChI is InChI=1S/C17H18ClNO2/c1-21-16-9-5-3-7-14(16)12-19-17(20)11-10-13-6-2-4-8-15(13)18/h2-9H,10-12H2,1H3,(H,19,20). The number of methoxy groups -OCH3 is 1. The molecule has 1 amide bonds. The van der Waals surface area contributed by atoms with Gasteiger partial charge in [-0.1, -0.05) is 48.0 Å². The van der Waals surface area contributed by atoms with Gasteiger partial charge in [-0.25, -0.2) is 0 Å². The molecule has 0 bridgehead atoms. The molecule has 0 atom stereocenters. The summed E-state index contributed by atoms with van der Waals surface area (Å²) in [5.74, 6) is 0.782. The van der Waals surface area contributed by atoms with Gasteiger partial charge >= 0.3 is 0 Å². The van der Waals surface area contributed by atoms with Crippen LogP contribution < -0.4 is 10.1 Å². The van der Waals surface area contributed by atoms with Gasteiger partial charge in [0.2, 0.25) is 5.91 Å². The molecular weight excluding hydrogens is 286 g/mol. The number of para-hydroxylation sites is 1. The maximum absolute atomic E-state index is 11.9. The number of carbonyl (C=O) groups is 1. The number of benzene rings is 2. The van der Waals surface area contributed by atoms with E-state index in [1.807, 2.05) is 48.5 Å². The van der Waals surface area contributed by atoms with Crippen molar-refractivity contribution in [3.8, 4) is 5.75 Å². The number of ether oxygens (including phenoxy) is 1. The minimum absolute atomic E-state index is 0.000765. The zero-order valence-corrected chi connectivity index (χ0v) is 12.7. The molecule has 0 saturated heterocycles. The van der Waals surface area contributed by atoms with Gasteiger partial charge in [0.25, 0.3) is 0 Å². The van der Waals surface area contributed by atoms with Gasteiger partial charge in [0.15, 0.2) is 0 Å². The van der Waals surface area contributed by atoms with Crippen LogP contribution in [0.5, 0.6) is 5.75 Å². The molecule has 0 spiro atoms. The number of aryl methyl sites for hydroxylation is 1. The Kier molecular flexibility index (Phi) is 5.64. The van der Waals surface area contributed by atoms with Gasteiger partial charge in [-0.3, -0.25) is 4.79 Å². The Hall–Kier alpha value is -2.00. The summed E-state index contributed by atoms with van der Waals surface area (Å²) in [5.41, 5.74) is 1.96. The van der Waals surface area contributed by atoms with Crippen LogP contribution in [0.15, 0.2) is 48.5 Å². The second-order valence-electron chi connectivity index (χ2n) is 4.68. The minimum Gasteiger partial charge on any atom is -0.496 e. The molecule has 0 aliphatic carbocycles. The van der Waals surface area contributed by atoms with Crippen molar-refractivity contribution in [2.45, 2.75) is 19.4 Å². The number of carbonyl (C=O) groups excluding carboxylic acids is 1. The highest BCUT2D eigenvalue weighted by molar-refractivity contribution is 6.31. The highest BCUT2D eigenvalue weighted by atomic mass is 35.5. The second-order valence-corrected chi connectivity index (χ2v) is 5.09. The van der Waals surface area contributed by atoms with Gasteiger partial charge in [0.05, 0.1) is 7.11 Å². The molecular formula is C17H18ClNO2. The fourth-order valence-electron chi connectivity index (χ4n) is 2.08. The van der Waals surface area contributed by atoms with Crippen molar-refractivity contribution < 1.29 is 9.53 Å². The molecule has 0 aliphatic heterocycles. The summed E-state index contributed by atoms with van der Waals surface area (Å²) in [7, 11) is 1.62. The lowest BCUT2D eigenvalue weighted by Gasteiger charge is -2.09. The molecule has 1 N–H and O–H groups in total. The summed E-state index contributed by atoms with van der Waals surface area (Å²) in [4.78, 5) is 11.9. The largest absolute Gasteiger partial charge is 0.496 e. The van der Waals surface area contributed by atoms with Crippen LogP contribution in [0.1, 0.15) is 17.5 Å². The fraction of sp³-hybridized carbons (Fsp3) is 0.235. The van der Waals surface area contributed by atoms with E-state index >= 15 is 0 Å². The number of nitrogens with one attached hydrogen (secondary N) is 1. The van der Waals surface area contributed by atoms with E-state index in [-0.39, 0.29) is 5.91 Å². The predicted octanol–water partition coefficient (Wildman–Crippen LogP) is 3.60. The molecule has 0 fully saturated rings. The van der Waals surface area contributed by atoms with E-state index in [9.17, 15) is 4.79 Å². The molecule has 2 rings (SSSR count). The molecule has 0 saturated carbocycles. The number of hydrogen-bond acceptors (Lipinski definition) is 2. The summed E-state index contributed by atoms with van der Waals surface area (Å²) in [6.45, 7) is 0.464. The fourth-order valence-corrected chi connectivity index (χ4v) is 2.31. The van der Waals surface area contributed by atoms with E-state index in [0.717, 1.165) is 16.9 Å². The van der Waals surface area contributed by atoms with E-state index in [2.05, 4.69) is 5.32 Å². The first-order valence-corrected chi connectivity index (χ1v) is 7.20. The van der Waals surface area contributed by atoms with Gasteiger partial charge in [-0.05, 0) is 24.1 Å². The van der Waals surface area contributed by atoms with Crippen molar-refractivity contribution in [3.63, 3.8) is 0 Å². The summed E-state index contributed by atoms with van der Waals surface area (Å²) in [6.07, 6.45) is 1.05.